The van der Waals surface area contributed by atoms with Gasteiger partial charge in [-0.05, 0) is 45.6 Å². The molecule has 1 N–H and O–H groups in total. The SMILES string of the molecule is CC(CCc1ncnn1C(C)C)CNC1CC1. The lowest BCUT2D eigenvalue weighted by Crippen LogP contribution is -2.23. The molecule has 0 amide bonds. The van der Waals surface area contributed by atoms with E-state index in [9.17, 15) is 0 Å². The quantitative estimate of drug-likeness (QED) is 0.789. The summed E-state index contributed by atoms with van der Waals surface area (Å²) in [7, 11) is 0. The zero-order valence-electron chi connectivity index (χ0n) is 11.2. The molecule has 1 aromatic heterocycles. The molecule has 0 saturated heterocycles. The van der Waals surface area contributed by atoms with E-state index in [1.165, 1.54) is 19.3 Å². The second-order valence-electron chi connectivity index (χ2n) is 5.54. The molecule has 4 heteroatoms. The molecule has 1 aliphatic rings. The molecule has 2 rings (SSSR count). The van der Waals surface area contributed by atoms with Crippen LogP contribution >= 0.6 is 0 Å². The molecule has 1 saturated carbocycles. The van der Waals surface area contributed by atoms with Crippen LogP contribution in [0.15, 0.2) is 6.33 Å². The van der Waals surface area contributed by atoms with Crippen molar-refractivity contribution >= 4 is 0 Å². The Morgan fingerprint density at radius 2 is 2.18 bits per heavy atom. The smallest absolute Gasteiger partial charge is 0.138 e. The van der Waals surface area contributed by atoms with Gasteiger partial charge in [-0.2, -0.15) is 5.10 Å². The Morgan fingerprint density at radius 3 is 2.82 bits per heavy atom. The van der Waals surface area contributed by atoms with Crippen LogP contribution in [0.3, 0.4) is 0 Å². The Balaban J connectivity index is 1.73. The van der Waals surface area contributed by atoms with Gasteiger partial charge in [-0.15, -0.1) is 0 Å². The fraction of sp³-hybridized carbons (Fsp3) is 0.846. The van der Waals surface area contributed by atoms with Crippen molar-refractivity contribution in [3.8, 4) is 0 Å². The third kappa shape index (κ3) is 3.80. The molecule has 1 atom stereocenters. The summed E-state index contributed by atoms with van der Waals surface area (Å²) < 4.78 is 2.03. The third-order valence-electron chi connectivity index (χ3n) is 3.33. The molecule has 17 heavy (non-hydrogen) atoms. The topological polar surface area (TPSA) is 42.7 Å². The molecule has 1 aliphatic carbocycles. The fourth-order valence-electron chi connectivity index (χ4n) is 2.02. The second-order valence-corrected chi connectivity index (χ2v) is 5.54. The normalized spacial score (nSPS) is 17.6. The Morgan fingerprint density at radius 1 is 1.41 bits per heavy atom. The van der Waals surface area contributed by atoms with E-state index in [2.05, 4.69) is 36.2 Å². The van der Waals surface area contributed by atoms with Crippen LogP contribution in [0.1, 0.15) is 51.9 Å². The maximum absolute atomic E-state index is 4.35. The van der Waals surface area contributed by atoms with Crippen LogP contribution in [0.2, 0.25) is 0 Å². The average molecular weight is 236 g/mol. The summed E-state index contributed by atoms with van der Waals surface area (Å²) in [5, 5.41) is 7.85. The third-order valence-corrected chi connectivity index (χ3v) is 3.33. The molecule has 96 valence electrons. The van der Waals surface area contributed by atoms with Gasteiger partial charge in [-0.3, -0.25) is 0 Å². The van der Waals surface area contributed by atoms with Crippen LogP contribution in [0.25, 0.3) is 0 Å². The van der Waals surface area contributed by atoms with Crippen molar-refractivity contribution in [1.29, 1.82) is 0 Å². The Labute approximate surface area is 104 Å². The summed E-state index contributed by atoms with van der Waals surface area (Å²) in [5.41, 5.74) is 0. The number of rotatable bonds is 7. The highest BCUT2D eigenvalue weighted by Crippen LogP contribution is 2.19. The predicted molar refractivity (Wildman–Crippen MR) is 68.9 cm³/mol. The lowest BCUT2D eigenvalue weighted by molar-refractivity contribution is 0.451. The summed E-state index contributed by atoms with van der Waals surface area (Å²) in [6, 6.07) is 1.23. The van der Waals surface area contributed by atoms with Gasteiger partial charge in [0.05, 0.1) is 0 Å². The van der Waals surface area contributed by atoms with E-state index in [1.54, 1.807) is 6.33 Å². The van der Waals surface area contributed by atoms with Crippen LogP contribution in [-0.4, -0.2) is 27.4 Å². The highest BCUT2D eigenvalue weighted by Gasteiger charge is 2.20. The monoisotopic (exact) mass is 236 g/mol. The first-order valence-electron chi connectivity index (χ1n) is 6.78. The lowest BCUT2D eigenvalue weighted by Gasteiger charge is -2.13. The van der Waals surface area contributed by atoms with Gasteiger partial charge in [0.2, 0.25) is 0 Å². The number of aromatic nitrogens is 3. The number of aryl methyl sites for hydroxylation is 1. The highest BCUT2D eigenvalue weighted by molar-refractivity contribution is 4.87. The number of nitrogens with one attached hydrogen (secondary N) is 1. The van der Waals surface area contributed by atoms with Gasteiger partial charge >= 0.3 is 0 Å². The molecule has 0 aliphatic heterocycles. The van der Waals surface area contributed by atoms with Crippen molar-refractivity contribution in [2.24, 2.45) is 5.92 Å². The van der Waals surface area contributed by atoms with E-state index in [0.29, 0.717) is 12.0 Å². The van der Waals surface area contributed by atoms with Crippen LogP contribution in [-0.2, 0) is 6.42 Å². The summed E-state index contributed by atoms with van der Waals surface area (Å²) in [6.45, 7) is 7.75. The van der Waals surface area contributed by atoms with Crippen molar-refractivity contribution in [1.82, 2.24) is 20.1 Å². The van der Waals surface area contributed by atoms with Crippen molar-refractivity contribution in [2.45, 2.75) is 58.5 Å². The van der Waals surface area contributed by atoms with E-state index in [-0.39, 0.29) is 0 Å². The van der Waals surface area contributed by atoms with Crippen LogP contribution in [0, 0.1) is 5.92 Å². The minimum absolute atomic E-state index is 0.410. The first-order valence-corrected chi connectivity index (χ1v) is 6.78. The molecule has 1 unspecified atom stereocenters. The maximum Gasteiger partial charge on any atom is 0.138 e. The Bertz CT molecular complexity index is 341. The van der Waals surface area contributed by atoms with E-state index in [1.807, 2.05) is 4.68 Å². The van der Waals surface area contributed by atoms with Gasteiger partial charge in [0, 0.05) is 18.5 Å². The molecule has 1 aromatic rings. The van der Waals surface area contributed by atoms with Crippen molar-refractivity contribution in [2.75, 3.05) is 6.54 Å². The Kier molecular flexibility index (Phi) is 4.15. The summed E-state index contributed by atoms with van der Waals surface area (Å²) in [5.74, 6) is 1.84. The second kappa shape index (κ2) is 5.63. The lowest BCUT2D eigenvalue weighted by atomic mass is 10.1. The first kappa shape index (κ1) is 12.6. The van der Waals surface area contributed by atoms with Gasteiger partial charge in [-0.1, -0.05) is 6.92 Å². The number of hydrogen-bond acceptors (Lipinski definition) is 3. The average Bonchev–Trinajstić information content (AvgIpc) is 3.00. The molecular formula is C13H24N4. The number of hydrogen-bond donors (Lipinski definition) is 1. The van der Waals surface area contributed by atoms with Gasteiger partial charge in [-0.25, -0.2) is 9.67 Å². The van der Waals surface area contributed by atoms with E-state index < -0.39 is 0 Å². The van der Waals surface area contributed by atoms with Gasteiger partial charge in [0.1, 0.15) is 12.2 Å². The molecule has 0 spiro atoms. The molecule has 0 bridgehead atoms. The minimum atomic E-state index is 0.410. The van der Waals surface area contributed by atoms with Crippen molar-refractivity contribution in [3.05, 3.63) is 12.2 Å². The van der Waals surface area contributed by atoms with Crippen LogP contribution in [0.5, 0.6) is 0 Å². The standard InChI is InChI=1S/C13H24N4/c1-10(2)17-13(15-9-16-17)7-4-11(3)8-14-12-5-6-12/h9-12,14H,4-8H2,1-3H3. The van der Waals surface area contributed by atoms with Crippen LogP contribution < -0.4 is 5.32 Å². The minimum Gasteiger partial charge on any atom is -0.314 e. The molecule has 1 fully saturated rings. The zero-order chi connectivity index (χ0) is 12.3. The van der Waals surface area contributed by atoms with E-state index in [0.717, 1.165) is 24.8 Å². The van der Waals surface area contributed by atoms with E-state index in [4.69, 9.17) is 0 Å². The Hall–Kier alpha value is -0.900. The molecular weight excluding hydrogens is 212 g/mol. The van der Waals surface area contributed by atoms with Crippen molar-refractivity contribution in [3.63, 3.8) is 0 Å². The summed E-state index contributed by atoms with van der Waals surface area (Å²) in [6.07, 6.45) is 6.63. The van der Waals surface area contributed by atoms with E-state index >= 15 is 0 Å². The zero-order valence-corrected chi connectivity index (χ0v) is 11.2. The van der Waals surface area contributed by atoms with Crippen LogP contribution in [0.4, 0.5) is 0 Å². The molecule has 4 nitrogen and oxygen atoms in total. The van der Waals surface area contributed by atoms with Gasteiger partial charge in [0.15, 0.2) is 0 Å². The highest BCUT2D eigenvalue weighted by atomic mass is 15.3. The maximum atomic E-state index is 4.35. The van der Waals surface area contributed by atoms with Gasteiger partial charge in [0.25, 0.3) is 0 Å². The number of nitrogens with zero attached hydrogens (tertiary/aromatic N) is 3. The summed E-state index contributed by atoms with van der Waals surface area (Å²) in [4.78, 5) is 4.35. The largest absolute Gasteiger partial charge is 0.314 e. The van der Waals surface area contributed by atoms with Crippen molar-refractivity contribution < 1.29 is 0 Å². The molecule has 0 radical (unpaired) electrons. The fourth-order valence-corrected chi connectivity index (χ4v) is 2.02. The van der Waals surface area contributed by atoms with Gasteiger partial charge < -0.3 is 5.32 Å². The molecule has 1 heterocycles. The molecule has 0 aromatic carbocycles. The first-order chi connectivity index (χ1) is 8.16. The summed E-state index contributed by atoms with van der Waals surface area (Å²) >= 11 is 0. The predicted octanol–water partition coefficient (Wildman–Crippen LogP) is 2.18.